The minimum absolute atomic E-state index is 0.0100. The number of hydrogen-bond donors (Lipinski definition) is 1. The summed E-state index contributed by atoms with van der Waals surface area (Å²) in [6.07, 6.45) is 4.85. The number of rotatable bonds is 5. The molecule has 0 saturated heterocycles. The molecule has 3 aliphatic rings. The number of carboxylic acids is 1. The quantitative estimate of drug-likeness (QED) is 0.460. The first-order valence-electron chi connectivity index (χ1n) is 6.42. The highest BCUT2D eigenvalue weighted by Crippen LogP contribution is 2.80. The Hall–Kier alpha value is -1.39. The summed E-state index contributed by atoms with van der Waals surface area (Å²) in [6, 6.07) is 0. The molecule has 18 heavy (non-hydrogen) atoms. The van der Waals surface area contributed by atoms with E-state index in [1.54, 1.807) is 0 Å². The van der Waals surface area contributed by atoms with Crippen molar-refractivity contribution in [2.45, 2.75) is 25.7 Å². The fourth-order valence-corrected chi connectivity index (χ4v) is 5.49. The smallest absolute Gasteiger partial charge is 0.304 e. The molecule has 98 valence electrons. The van der Waals surface area contributed by atoms with Gasteiger partial charge >= 0.3 is 5.97 Å². The lowest BCUT2D eigenvalue weighted by Gasteiger charge is -2.64. The van der Waals surface area contributed by atoms with Gasteiger partial charge in [0, 0.05) is 4.92 Å². The van der Waals surface area contributed by atoms with Crippen LogP contribution in [0.4, 0.5) is 0 Å². The van der Waals surface area contributed by atoms with Crippen molar-refractivity contribution in [1.29, 1.82) is 0 Å². The van der Waals surface area contributed by atoms with Crippen molar-refractivity contribution in [1.82, 2.24) is 0 Å². The van der Waals surface area contributed by atoms with Gasteiger partial charge < -0.3 is 5.11 Å². The molecule has 0 aromatic rings. The van der Waals surface area contributed by atoms with Gasteiger partial charge in [-0.2, -0.15) is 0 Å². The van der Waals surface area contributed by atoms with Crippen LogP contribution in [0.25, 0.3) is 0 Å². The first-order valence-corrected chi connectivity index (χ1v) is 6.42. The molecule has 0 amide bonds. The number of carboxylic acid groups (broad SMARTS) is 1. The molecule has 5 heteroatoms. The minimum Gasteiger partial charge on any atom is -0.481 e. The molecule has 0 radical (unpaired) electrons. The Balaban J connectivity index is 1.96. The molecule has 2 bridgehead atoms. The van der Waals surface area contributed by atoms with Gasteiger partial charge in [0.1, 0.15) is 0 Å². The van der Waals surface area contributed by atoms with Crippen LogP contribution in [-0.4, -0.2) is 22.5 Å². The van der Waals surface area contributed by atoms with E-state index < -0.39 is 11.4 Å². The first-order chi connectivity index (χ1) is 8.44. The Morgan fingerprint density at radius 2 is 2.11 bits per heavy atom. The molecule has 3 unspecified atom stereocenters. The van der Waals surface area contributed by atoms with Crippen LogP contribution in [0.15, 0.2) is 12.7 Å². The zero-order valence-corrected chi connectivity index (χ0v) is 10.2. The molecular weight excluding hydrogens is 234 g/mol. The largest absolute Gasteiger partial charge is 0.481 e. The van der Waals surface area contributed by atoms with E-state index in [4.69, 9.17) is 5.11 Å². The molecule has 3 rings (SSSR count). The average molecular weight is 251 g/mol. The lowest BCUT2D eigenvalue weighted by molar-refractivity contribution is -0.515. The van der Waals surface area contributed by atoms with Gasteiger partial charge in [0.05, 0.1) is 11.8 Å². The number of allylic oxidation sites excluding steroid dienone is 1. The number of hydrogen-bond acceptors (Lipinski definition) is 3. The molecule has 5 nitrogen and oxygen atoms in total. The zero-order chi connectivity index (χ0) is 13.1. The molecule has 1 N–H and O–H groups in total. The fraction of sp³-hybridized carbons (Fsp3) is 0.769. The van der Waals surface area contributed by atoms with Crippen molar-refractivity contribution in [3.63, 3.8) is 0 Å². The van der Waals surface area contributed by atoms with Crippen molar-refractivity contribution in [3.05, 3.63) is 22.8 Å². The molecular formula is C13H17NO4. The van der Waals surface area contributed by atoms with E-state index in [0.29, 0.717) is 5.92 Å². The third-order valence-corrected chi connectivity index (χ3v) is 5.75. The predicted molar refractivity (Wildman–Crippen MR) is 63.5 cm³/mol. The number of carbonyl (C=O) groups is 1. The molecule has 3 fully saturated rings. The van der Waals surface area contributed by atoms with Crippen molar-refractivity contribution >= 4 is 5.97 Å². The Morgan fingerprint density at radius 1 is 1.50 bits per heavy atom. The maximum absolute atomic E-state index is 11.1. The number of nitro groups is 1. The zero-order valence-electron chi connectivity index (χ0n) is 10.2. The Bertz CT molecular complexity index is 412. The van der Waals surface area contributed by atoms with E-state index in [1.165, 1.54) is 0 Å². The topological polar surface area (TPSA) is 80.4 Å². The van der Waals surface area contributed by atoms with Gasteiger partial charge in [0.2, 0.25) is 6.54 Å². The highest BCUT2D eigenvalue weighted by atomic mass is 16.6. The molecule has 5 atom stereocenters. The van der Waals surface area contributed by atoms with Crippen LogP contribution in [-0.2, 0) is 4.79 Å². The Morgan fingerprint density at radius 3 is 2.56 bits per heavy atom. The van der Waals surface area contributed by atoms with Crippen molar-refractivity contribution in [2.75, 3.05) is 6.54 Å². The van der Waals surface area contributed by atoms with Gasteiger partial charge in [0.15, 0.2) is 0 Å². The molecule has 0 heterocycles. The average Bonchev–Trinajstić information content (AvgIpc) is 2.78. The summed E-state index contributed by atoms with van der Waals surface area (Å²) in [5, 5.41) is 20.0. The molecule has 0 aromatic heterocycles. The third kappa shape index (κ3) is 1.15. The maximum Gasteiger partial charge on any atom is 0.304 e. The second kappa shape index (κ2) is 3.33. The summed E-state index contributed by atoms with van der Waals surface area (Å²) < 4.78 is 0. The standard InChI is InChI=1S/C13H17NO4/c1-2-12-5-8-3-9(12)13(6-11(15)16,7-14(17)18)10(12)4-8/h2,8-10H,1,3-7H2,(H,15,16)/t8?,9-,10+,12?,13?. The van der Waals surface area contributed by atoms with Crippen LogP contribution in [0.3, 0.4) is 0 Å². The Labute approximate surface area is 105 Å². The lowest BCUT2D eigenvalue weighted by Crippen LogP contribution is -2.65. The van der Waals surface area contributed by atoms with Gasteiger partial charge in [-0.05, 0) is 42.4 Å². The van der Waals surface area contributed by atoms with Crippen molar-refractivity contribution in [3.8, 4) is 0 Å². The number of aliphatic carboxylic acids is 1. The molecule has 0 spiro atoms. The summed E-state index contributed by atoms with van der Waals surface area (Å²) in [4.78, 5) is 21.7. The van der Waals surface area contributed by atoms with E-state index in [-0.39, 0.29) is 35.1 Å². The van der Waals surface area contributed by atoms with Crippen LogP contribution >= 0.6 is 0 Å². The fourth-order valence-electron chi connectivity index (χ4n) is 5.49. The summed E-state index contributed by atoms with van der Waals surface area (Å²) in [5.74, 6) is 0.0389. The monoisotopic (exact) mass is 251 g/mol. The number of nitrogens with zero attached hydrogens (tertiary/aromatic N) is 1. The van der Waals surface area contributed by atoms with Crippen LogP contribution in [0.1, 0.15) is 25.7 Å². The van der Waals surface area contributed by atoms with Gasteiger partial charge in [-0.15, -0.1) is 6.58 Å². The van der Waals surface area contributed by atoms with E-state index in [1.807, 2.05) is 6.08 Å². The van der Waals surface area contributed by atoms with Gasteiger partial charge in [-0.3, -0.25) is 14.9 Å². The van der Waals surface area contributed by atoms with Crippen molar-refractivity contribution < 1.29 is 14.8 Å². The lowest BCUT2D eigenvalue weighted by atomic mass is 9.38. The third-order valence-electron chi connectivity index (χ3n) is 5.75. The summed E-state index contributed by atoms with van der Waals surface area (Å²) >= 11 is 0. The van der Waals surface area contributed by atoms with E-state index >= 15 is 0 Å². The van der Waals surface area contributed by atoms with Crippen LogP contribution in [0.5, 0.6) is 0 Å². The summed E-state index contributed by atoms with van der Waals surface area (Å²) in [7, 11) is 0. The molecule has 0 aromatic carbocycles. The van der Waals surface area contributed by atoms with E-state index in [9.17, 15) is 14.9 Å². The van der Waals surface area contributed by atoms with Gasteiger partial charge in [0.25, 0.3) is 0 Å². The second-order valence-corrected chi connectivity index (χ2v) is 6.26. The first kappa shape index (κ1) is 11.7. The predicted octanol–water partition coefficient (Wildman–Crippen LogP) is 1.96. The summed E-state index contributed by atoms with van der Waals surface area (Å²) in [6.45, 7) is 3.70. The van der Waals surface area contributed by atoms with E-state index in [0.717, 1.165) is 19.3 Å². The van der Waals surface area contributed by atoms with Crippen LogP contribution in [0.2, 0.25) is 0 Å². The minimum atomic E-state index is -0.912. The SMILES string of the molecule is C=CC12CC3C[C@H]1C(CC(=O)O)(C[N+](=O)[O-])[C@H]2C3. The molecule has 3 aliphatic carbocycles. The van der Waals surface area contributed by atoms with E-state index in [2.05, 4.69) is 6.58 Å². The number of fused-ring (bicyclic) bond motifs is 1. The van der Waals surface area contributed by atoms with Crippen molar-refractivity contribution in [2.24, 2.45) is 28.6 Å². The molecule has 3 saturated carbocycles. The normalized spacial score (nSPS) is 47.7. The Kier molecular flexibility index (Phi) is 2.17. The highest BCUT2D eigenvalue weighted by molar-refractivity contribution is 5.68. The van der Waals surface area contributed by atoms with Crippen LogP contribution < -0.4 is 0 Å². The highest BCUT2D eigenvalue weighted by Gasteiger charge is 2.78. The van der Waals surface area contributed by atoms with Crippen LogP contribution in [0, 0.1) is 38.7 Å². The van der Waals surface area contributed by atoms with Gasteiger partial charge in [-0.1, -0.05) is 6.08 Å². The second-order valence-electron chi connectivity index (χ2n) is 6.26. The summed E-state index contributed by atoms with van der Waals surface area (Å²) in [5.41, 5.74) is -0.605. The van der Waals surface area contributed by atoms with Gasteiger partial charge in [-0.25, -0.2) is 0 Å². The maximum atomic E-state index is 11.1. The molecule has 0 aliphatic heterocycles.